The number of nitriles is 1. The van der Waals surface area contributed by atoms with Crippen molar-refractivity contribution in [1.29, 1.82) is 5.26 Å². The van der Waals surface area contributed by atoms with Crippen LogP contribution >= 0.6 is 0 Å². The van der Waals surface area contributed by atoms with Crippen molar-refractivity contribution < 1.29 is 9.47 Å². The van der Waals surface area contributed by atoms with Gasteiger partial charge in [0, 0.05) is 5.56 Å². The Morgan fingerprint density at radius 2 is 1.83 bits per heavy atom. The maximum atomic E-state index is 8.82. The zero-order valence-electron chi connectivity index (χ0n) is 12.4. The Morgan fingerprint density at radius 1 is 1.00 bits per heavy atom. The second-order valence-corrected chi connectivity index (χ2v) is 5.40. The third kappa shape index (κ3) is 2.33. The van der Waals surface area contributed by atoms with E-state index in [0.717, 1.165) is 17.0 Å². The molecule has 0 unspecified atom stereocenters. The molecule has 4 rings (SSSR count). The van der Waals surface area contributed by atoms with Crippen LogP contribution in [0.2, 0.25) is 0 Å². The van der Waals surface area contributed by atoms with Crippen molar-refractivity contribution in [3.8, 4) is 17.8 Å². The van der Waals surface area contributed by atoms with E-state index in [0.29, 0.717) is 19.0 Å². The van der Waals surface area contributed by atoms with Gasteiger partial charge in [0.25, 0.3) is 6.26 Å². The molecule has 112 valence electrons. The van der Waals surface area contributed by atoms with E-state index in [-0.39, 0.29) is 0 Å². The molecule has 0 radical (unpaired) electrons. The number of anilines is 1. The average Bonchev–Trinajstić information content (AvgIpc) is 2.62. The van der Waals surface area contributed by atoms with E-state index in [9.17, 15) is 0 Å². The van der Waals surface area contributed by atoms with Crippen molar-refractivity contribution in [2.75, 3.05) is 11.6 Å². The van der Waals surface area contributed by atoms with Crippen molar-refractivity contribution in [1.82, 2.24) is 0 Å². The molecule has 3 aromatic rings. The predicted octanol–water partition coefficient (Wildman–Crippen LogP) is 4.06. The molecule has 1 aliphatic heterocycles. The number of fused-ring (bicyclic) bond motifs is 3. The standard InChI is InChI=1S/C19H14N2O2/c20-12-22-19-8-4-3-7-17(19)21-11-16-15-6-2-1-5-14(15)9-10-18(16)23-13-21/h1-10H,11,13H2. The summed E-state index contributed by atoms with van der Waals surface area (Å²) in [5.74, 6) is 1.46. The van der Waals surface area contributed by atoms with Gasteiger partial charge in [0.15, 0.2) is 12.5 Å². The molecule has 0 atom stereocenters. The minimum absolute atomic E-state index is 0.428. The van der Waals surface area contributed by atoms with Gasteiger partial charge in [0.05, 0.1) is 12.2 Å². The van der Waals surface area contributed by atoms with E-state index in [1.54, 1.807) is 12.3 Å². The van der Waals surface area contributed by atoms with E-state index >= 15 is 0 Å². The van der Waals surface area contributed by atoms with Crippen LogP contribution in [-0.2, 0) is 6.54 Å². The Labute approximate surface area is 134 Å². The number of para-hydroxylation sites is 2. The summed E-state index contributed by atoms with van der Waals surface area (Å²) in [4.78, 5) is 2.07. The summed E-state index contributed by atoms with van der Waals surface area (Å²) >= 11 is 0. The summed E-state index contributed by atoms with van der Waals surface area (Å²) in [5.41, 5.74) is 2.01. The third-order valence-corrected chi connectivity index (χ3v) is 4.08. The molecule has 0 spiro atoms. The number of ether oxygens (including phenoxy) is 2. The van der Waals surface area contributed by atoms with Gasteiger partial charge in [0.1, 0.15) is 5.75 Å². The van der Waals surface area contributed by atoms with Gasteiger partial charge in [-0.05, 0) is 29.0 Å². The number of hydrogen-bond acceptors (Lipinski definition) is 4. The van der Waals surface area contributed by atoms with Gasteiger partial charge in [-0.2, -0.15) is 0 Å². The summed E-state index contributed by atoms with van der Waals surface area (Å²) in [6, 6.07) is 19.9. The van der Waals surface area contributed by atoms with E-state index in [4.69, 9.17) is 14.7 Å². The number of nitrogens with zero attached hydrogens (tertiary/aromatic N) is 2. The van der Waals surface area contributed by atoms with Crippen molar-refractivity contribution in [3.05, 3.63) is 66.2 Å². The molecule has 0 fully saturated rings. The second kappa shape index (κ2) is 5.54. The SMILES string of the molecule is N#COc1ccccc1N1COc2ccc3ccccc3c2C1. The maximum absolute atomic E-state index is 8.82. The predicted molar refractivity (Wildman–Crippen MR) is 88.3 cm³/mol. The molecule has 0 aliphatic carbocycles. The zero-order valence-corrected chi connectivity index (χ0v) is 12.4. The first-order valence-electron chi connectivity index (χ1n) is 7.40. The molecule has 0 saturated carbocycles. The third-order valence-electron chi connectivity index (χ3n) is 4.08. The number of rotatable bonds is 2. The molecule has 1 heterocycles. The molecule has 0 saturated heterocycles. The fourth-order valence-electron chi connectivity index (χ4n) is 3.01. The topological polar surface area (TPSA) is 45.5 Å². The lowest BCUT2D eigenvalue weighted by molar-refractivity contribution is 0.289. The molecule has 23 heavy (non-hydrogen) atoms. The fourth-order valence-corrected chi connectivity index (χ4v) is 3.01. The lowest BCUT2D eigenvalue weighted by atomic mass is 10.0. The van der Waals surface area contributed by atoms with Crippen LogP contribution in [0.1, 0.15) is 5.56 Å². The van der Waals surface area contributed by atoms with Crippen LogP contribution in [0.25, 0.3) is 10.8 Å². The minimum atomic E-state index is 0.428. The van der Waals surface area contributed by atoms with Gasteiger partial charge < -0.3 is 14.4 Å². The highest BCUT2D eigenvalue weighted by molar-refractivity contribution is 5.88. The Hall–Kier alpha value is -3.19. The van der Waals surface area contributed by atoms with E-state index in [1.807, 2.05) is 36.4 Å². The molecule has 0 aromatic heterocycles. The van der Waals surface area contributed by atoms with Crippen LogP contribution in [0, 0.1) is 11.5 Å². The fraction of sp³-hybridized carbons (Fsp3) is 0.105. The van der Waals surface area contributed by atoms with Crippen molar-refractivity contribution in [3.63, 3.8) is 0 Å². The quantitative estimate of drug-likeness (QED) is 0.670. The van der Waals surface area contributed by atoms with Gasteiger partial charge in [-0.3, -0.25) is 0 Å². The largest absolute Gasteiger partial charge is 0.473 e. The Morgan fingerprint density at radius 3 is 2.74 bits per heavy atom. The van der Waals surface area contributed by atoms with E-state index < -0.39 is 0 Å². The number of benzene rings is 3. The summed E-state index contributed by atoms with van der Waals surface area (Å²) in [6.07, 6.45) is 1.74. The monoisotopic (exact) mass is 302 g/mol. The molecule has 0 bridgehead atoms. The minimum Gasteiger partial charge on any atom is -0.473 e. The molecule has 0 amide bonds. The van der Waals surface area contributed by atoms with Crippen LogP contribution in [0.15, 0.2) is 60.7 Å². The van der Waals surface area contributed by atoms with Crippen LogP contribution < -0.4 is 14.4 Å². The molecule has 1 aliphatic rings. The Balaban J connectivity index is 1.77. The second-order valence-electron chi connectivity index (χ2n) is 5.40. The van der Waals surface area contributed by atoms with Gasteiger partial charge in [-0.25, -0.2) is 0 Å². The highest BCUT2D eigenvalue weighted by Gasteiger charge is 2.22. The molecule has 4 heteroatoms. The first-order chi connectivity index (χ1) is 11.4. The van der Waals surface area contributed by atoms with Gasteiger partial charge in [-0.1, -0.05) is 42.5 Å². The van der Waals surface area contributed by atoms with E-state index in [2.05, 4.69) is 23.1 Å². The van der Waals surface area contributed by atoms with Crippen LogP contribution in [0.5, 0.6) is 11.5 Å². The smallest absolute Gasteiger partial charge is 0.292 e. The van der Waals surface area contributed by atoms with Crippen LogP contribution in [-0.4, -0.2) is 6.73 Å². The zero-order chi connectivity index (χ0) is 15.6. The Kier molecular flexibility index (Phi) is 3.25. The summed E-state index contributed by atoms with van der Waals surface area (Å²) < 4.78 is 11.0. The van der Waals surface area contributed by atoms with Crippen molar-refractivity contribution in [2.45, 2.75) is 6.54 Å². The molecular formula is C19H14N2O2. The first kappa shape index (κ1) is 13.5. The van der Waals surface area contributed by atoms with Crippen molar-refractivity contribution >= 4 is 16.5 Å². The van der Waals surface area contributed by atoms with Gasteiger partial charge in [-0.15, -0.1) is 5.26 Å². The highest BCUT2D eigenvalue weighted by Crippen LogP contribution is 2.36. The number of hydrogen-bond donors (Lipinski definition) is 0. The maximum Gasteiger partial charge on any atom is 0.292 e. The van der Waals surface area contributed by atoms with Gasteiger partial charge >= 0.3 is 0 Å². The van der Waals surface area contributed by atoms with Crippen molar-refractivity contribution in [2.24, 2.45) is 0 Å². The molecule has 0 N–H and O–H groups in total. The normalized spacial score (nSPS) is 13.1. The molecular weight excluding hydrogens is 288 g/mol. The summed E-state index contributed by atoms with van der Waals surface area (Å²) in [5, 5.41) is 11.2. The molecule has 4 nitrogen and oxygen atoms in total. The summed E-state index contributed by atoms with van der Waals surface area (Å²) in [6.45, 7) is 1.14. The average molecular weight is 302 g/mol. The van der Waals surface area contributed by atoms with Crippen LogP contribution in [0.3, 0.4) is 0 Å². The van der Waals surface area contributed by atoms with Crippen LogP contribution in [0.4, 0.5) is 5.69 Å². The Bertz CT molecular complexity index is 915. The van der Waals surface area contributed by atoms with Gasteiger partial charge in [0.2, 0.25) is 0 Å². The lowest BCUT2D eigenvalue weighted by Crippen LogP contribution is -2.32. The van der Waals surface area contributed by atoms with E-state index in [1.165, 1.54) is 10.8 Å². The summed E-state index contributed by atoms with van der Waals surface area (Å²) in [7, 11) is 0. The lowest BCUT2D eigenvalue weighted by Gasteiger charge is -2.32. The molecule has 3 aromatic carbocycles. The highest BCUT2D eigenvalue weighted by atomic mass is 16.5. The first-order valence-corrected chi connectivity index (χ1v) is 7.40.